The largest absolute Gasteiger partial charge is 0.373 e. The third-order valence-electron chi connectivity index (χ3n) is 3.10. The molecule has 0 aliphatic heterocycles. The van der Waals surface area contributed by atoms with Gasteiger partial charge in [0.05, 0.1) is 20.2 Å². The van der Waals surface area contributed by atoms with E-state index in [0.717, 1.165) is 25.7 Å². The molecule has 20 heavy (non-hydrogen) atoms. The first kappa shape index (κ1) is 16.9. The Balaban J connectivity index is 2.37. The van der Waals surface area contributed by atoms with Crippen LogP contribution in [0.3, 0.4) is 0 Å². The van der Waals surface area contributed by atoms with Crippen molar-refractivity contribution in [3.05, 3.63) is 36.8 Å². The van der Waals surface area contributed by atoms with Gasteiger partial charge in [-0.3, -0.25) is 4.89 Å². The zero-order chi connectivity index (χ0) is 15.0. The third-order valence-corrected chi connectivity index (χ3v) is 5.16. The Labute approximate surface area is 123 Å². The van der Waals surface area contributed by atoms with Gasteiger partial charge in [-0.2, -0.15) is 4.89 Å². The molecule has 3 nitrogen and oxygen atoms in total. The van der Waals surface area contributed by atoms with Crippen molar-refractivity contribution in [2.75, 3.05) is 6.61 Å². The van der Waals surface area contributed by atoms with Gasteiger partial charge in [0.1, 0.15) is 0 Å². The van der Waals surface area contributed by atoms with E-state index in [2.05, 4.69) is 26.6 Å². The summed E-state index contributed by atoms with van der Waals surface area (Å²) in [5, 5.41) is 1.32. The van der Waals surface area contributed by atoms with E-state index in [0.29, 0.717) is 12.2 Å². The van der Waals surface area contributed by atoms with Crippen LogP contribution < -0.4 is 5.19 Å². The van der Waals surface area contributed by atoms with E-state index in [-0.39, 0.29) is 0 Å². The number of rotatable bonds is 8. The Kier molecular flexibility index (Phi) is 6.95. The molecule has 0 bridgehead atoms. The molecule has 0 aliphatic rings. The SMILES string of the molecule is [CH2]CCCCCOOC(=O)c1ccc([Si](C)(C)C)cc1. The Bertz CT molecular complexity index is 407. The van der Waals surface area contributed by atoms with Gasteiger partial charge in [-0.1, -0.05) is 63.1 Å². The van der Waals surface area contributed by atoms with E-state index in [1.165, 1.54) is 5.19 Å². The lowest BCUT2D eigenvalue weighted by atomic mass is 10.2. The maximum atomic E-state index is 11.7. The average molecular weight is 293 g/mol. The second-order valence-electron chi connectivity index (χ2n) is 5.93. The highest BCUT2D eigenvalue weighted by atomic mass is 28.3. The van der Waals surface area contributed by atoms with E-state index in [1.807, 2.05) is 24.3 Å². The van der Waals surface area contributed by atoms with Crippen molar-refractivity contribution in [2.45, 2.75) is 45.3 Å². The van der Waals surface area contributed by atoms with Crippen molar-refractivity contribution >= 4 is 19.2 Å². The molecular formula is C16H25O3Si. The molecule has 0 aromatic heterocycles. The maximum Gasteiger partial charge on any atom is 0.373 e. The molecule has 0 saturated carbocycles. The summed E-state index contributed by atoms with van der Waals surface area (Å²) in [5.74, 6) is -0.427. The number of benzene rings is 1. The summed E-state index contributed by atoms with van der Waals surface area (Å²) in [5.41, 5.74) is 0.532. The molecule has 0 saturated heterocycles. The van der Waals surface area contributed by atoms with Gasteiger partial charge in [0, 0.05) is 0 Å². The van der Waals surface area contributed by atoms with Crippen LogP contribution in [0.5, 0.6) is 0 Å². The monoisotopic (exact) mass is 293 g/mol. The first-order valence-corrected chi connectivity index (χ1v) is 10.7. The highest BCUT2D eigenvalue weighted by Gasteiger charge is 2.17. The highest BCUT2D eigenvalue weighted by Crippen LogP contribution is 2.06. The van der Waals surface area contributed by atoms with Crippen LogP contribution in [0.4, 0.5) is 0 Å². The molecule has 0 spiro atoms. The Hall–Kier alpha value is -1.13. The van der Waals surface area contributed by atoms with Gasteiger partial charge in [0.2, 0.25) is 0 Å². The van der Waals surface area contributed by atoms with E-state index >= 15 is 0 Å². The van der Waals surface area contributed by atoms with Gasteiger partial charge in [0.25, 0.3) is 0 Å². The molecule has 0 atom stereocenters. The van der Waals surface area contributed by atoms with Crippen LogP contribution in [0, 0.1) is 6.92 Å². The first-order chi connectivity index (χ1) is 9.45. The topological polar surface area (TPSA) is 35.5 Å². The summed E-state index contributed by atoms with van der Waals surface area (Å²) in [6, 6.07) is 7.64. The van der Waals surface area contributed by atoms with Crippen molar-refractivity contribution in [1.82, 2.24) is 0 Å². The molecule has 0 heterocycles. The molecular weight excluding hydrogens is 268 g/mol. The van der Waals surface area contributed by atoms with Gasteiger partial charge in [-0.05, 0) is 18.6 Å². The first-order valence-electron chi connectivity index (χ1n) is 7.18. The molecule has 0 aliphatic carbocycles. The minimum Gasteiger partial charge on any atom is -0.293 e. The van der Waals surface area contributed by atoms with Gasteiger partial charge < -0.3 is 0 Å². The summed E-state index contributed by atoms with van der Waals surface area (Å²) < 4.78 is 0. The van der Waals surface area contributed by atoms with Crippen LogP contribution >= 0.6 is 0 Å². The number of carbonyl (C=O) groups excluding carboxylic acids is 1. The number of hydrogen-bond acceptors (Lipinski definition) is 3. The maximum absolute atomic E-state index is 11.7. The van der Waals surface area contributed by atoms with Crippen molar-refractivity contribution < 1.29 is 14.6 Å². The standard InChI is InChI=1S/C16H25O3Si/c1-5-6-7-8-13-18-19-16(17)14-9-11-15(12-10-14)20(2,3)4/h9-12H,1,5-8,13H2,2-4H3. The molecule has 1 aromatic carbocycles. The minimum absolute atomic E-state index is 0.427. The lowest BCUT2D eigenvalue weighted by Crippen LogP contribution is -2.37. The van der Waals surface area contributed by atoms with Crippen molar-refractivity contribution in [3.63, 3.8) is 0 Å². The van der Waals surface area contributed by atoms with Crippen LogP contribution in [-0.4, -0.2) is 20.7 Å². The van der Waals surface area contributed by atoms with Gasteiger partial charge in [0.15, 0.2) is 0 Å². The fraction of sp³-hybridized carbons (Fsp3) is 0.500. The molecule has 0 amide bonds. The van der Waals surface area contributed by atoms with Crippen LogP contribution in [0.15, 0.2) is 24.3 Å². The van der Waals surface area contributed by atoms with Crippen LogP contribution in [0.25, 0.3) is 0 Å². The van der Waals surface area contributed by atoms with Crippen LogP contribution in [0.2, 0.25) is 19.6 Å². The normalized spacial score (nSPS) is 11.4. The third kappa shape index (κ3) is 5.88. The van der Waals surface area contributed by atoms with Crippen molar-refractivity contribution in [1.29, 1.82) is 0 Å². The molecule has 4 heteroatoms. The molecule has 0 fully saturated rings. The quantitative estimate of drug-likeness (QED) is 0.317. The molecule has 1 aromatic rings. The summed E-state index contributed by atoms with van der Waals surface area (Å²) in [6.45, 7) is 11.0. The van der Waals surface area contributed by atoms with E-state index < -0.39 is 14.0 Å². The lowest BCUT2D eigenvalue weighted by Gasteiger charge is -2.16. The highest BCUT2D eigenvalue weighted by molar-refractivity contribution is 6.88. The smallest absolute Gasteiger partial charge is 0.293 e. The molecule has 1 rings (SSSR count). The average Bonchev–Trinajstić information content (AvgIpc) is 2.41. The number of unbranched alkanes of at least 4 members (excludes halogenated alkanes) is 3. The van der Waals surface area contributed by atoms with Gasteiger partial charge in [-0.25, -0.2) is 4.79 Å². The van der Waals surface area contributed by atoms with Crippen molar-refractivity contribution in [2.24, 2.45) is 0 Å². The summed E-state index contributed by atoms with van der Waals surface area (Å²) >= 11 is 0. The molecule has 1 radical (unpaired) electrons. The van der Waals surface area contributed by atoms with E-state index in [4.69, 9.17) is 9.78 Å². The van der Waals surface area contributed by atoms with E-state index in [9.17, 15) is 4.79 Å². The second kappa shape index (κ2) is 8.22. The van der Waals surface area contributed by atoms with Crippen molar-refractivity contribution in [3.8, 4) is 0 Å². The lowest BCUT2D eigenvalue weighted by molar-refractivity contribution is -0.241. The Morgan fingerprint density at radius 1 is 1.10 bits per heavy atom. The fourth-order valence-corrected chi connectivity index (χ4v) is 2.93. The predicted octanol–water partition coefficient (Wildman–Crippen LogP) is 3.71. The van der Waals surface area contributed by atoms with Crippen LogP contribution in [-0.2, 0) is 9.78 Å². The van der Waals surface area contributed by atoms with Gasteiger partial charge >= 0.3 is 5.97 Å². The van der Waals surface area contributed by atoms with E-state index in [1.54, 1.807) is 0 Å². The zero-order valence-corrected chi connectivity index (χ0v) is 13.8. The second-order valence-corrected chi connectivity index (χ2v) is 11.0. The minimum atomic E-state index is -1.32. The fourth-order valence-electron chi connectivity index (χ4n) is 1.76. The summed E-state index contributed by atoms with van der Waals surface area (Å²) in [7, 11) is -1.32. The predicted molar refractivity (Wildman–Crippen MR) is 84.6 cm³/mol. The number of carbonyl (C=O) groups is 1. The van der Waals surface area contributed by atoms with Crippen LogP contribution in [0.1, 0.15) is 36.0 Å². The molecule has 0 unspecified atom stereocenters. The summed E-state index contributed by atoms with van der Waals surface area (Å²) in [6.07, 6.45) is 3.95. The molecule has 111 valence electrons. The molecule has 0 N–H and O–H groups in total. The number of hydrogen-bond donors (Lipinski definition) is 0. The summed E-state index contributed by atoms with van der Waals surface area (Å²) in [4.78, 5) is 21.5. The zero-order valence-electron chi connectivity index (χ0n) is 12.8. The Morgan fingerprint density at radius 3 is 2.30 bits per heavy atom. The van der Waals surface area contributed by atoms with Gasteiger partial charge in [-0.15, -0.1) is 0 Å². The Morgan fingerprint density at radius 2 is 1.75 bits per heavy atom.